The fraction of sp³-hybridized carbons (Fsp3) is 0.571. The van der Waals surface area contributed by atoms with Crippen LogP contribution in [0.4, 0.5) is 0 Å². The Balaban J connectivity index is 1.39. The number of aryl methyl sites for hydroxylation is 2. The molecule has 1 aromatic carbocycles. The number of fused-ring (bicyclic) bond motifs is 1. The van der Waals surface area contributed by atoms with Gasteiger partial charge in [-0.3, -0.25) is 4.90 Å². The lowest BCUT2D eigenvalue weighted by atomic mass is 9.96. The average molecular weight is 339 g/mol. The lowest BCUT2D eigenvalue weighted by molar-refractivity contribution is 0.283. The zero-order valence-corrected chi connectivity index (χ0v) is 15.5. The van der Waals surface area contributed by atoms with Crippen LogP contribution in [0, 0.1) is 25.7 Å². The van der Waals surface area contributed by atoms with Crippen LogP contribution < -0.4 is 5.32 Å². The molecule has 1 aromatic heterocycles. The number of nitrogens with zero attached hydrogens (tertiary/aromatic N) is 2. The molecule has 1 saturated carbocycles. The molecule has 25 heavy (non-hydrogen) atoms. The first-order chi connectivity index (χ1) is 12.1. The van der Waals surface area contributed by atoms with Gasteiger partial charge in [0, 0.05) is 37.3 Å². The molecule has 0 spiro atoms. The third-order valence-electron chi connectivity index (χ3n) is 6.17. The molecule has 0 bridgehead atoms. The van der Waals surface area contributed by atoms with Gasteiger partial charge in [-0.2, -0.15) is 0 Å². The van der Waals surface area contributed by atoms with Gasteiger partial charge in [-0.15, -0.1) is 0 Å². The summed E-state index contributed by atoms with van der Waals surface area (Å²) in [6.07, 6.45) is 2.64. The third kappa shape index (κ3) is 3.38. The molecule has 2 heterocycles. The van der Waals surface area contributed by atoms with E-state index >= 15 is 0 Å². The first-order valence-corrected chi connectivity index (χ1v) is 9.57. The van der Waals surface area contributed by atoms with Crippen molar-refractivity contribution in [1.29, 1.82) is 0 Å². The minimum Gasteiger partial charge on any atom is -0.361 e. The topological polar surface area (TPSA) is 41.3 Å². The van der Waals surface area contributed by atoms with Gasteiger partial charge in [0.05, 0.1) is 5.69 Å². The summed E-state index contributed by atoms with van der Waals surface area (Å²) >= 11 is 0. The number of hydrogen-bond acceptors (Lipinski definition) is 4. The van der Waals surface area contributed by atoms with Gasteiger partial charge >= 0.3 is 0 Å². The molecule has 1 aliphatic heterocycles. The maximum absolute atomic E-state index is 5.35. The standard InChI is InChI=1S/C21H29N3O/c1-14(21-15(2)23-25-16(21)3)22-20-10-9-18-12-24(13-19(18)20)11-17-7-5-4-6-8-17/h4-8,14,18-20,22H,9-13H2,1-3H3/t14-,18-,19+,20+/m0/s1. The van der Waals surface area contributed by atoms with E-state index in [-0.39, 0.29) is 0 Å². The van der Waals surface area contributed by atoms with Crippen LogP contribution >= 0.6 is 0 Å². The number of nitrogens with one attached hydrogen (secondary N) is 1. The predicted octanol–water partition coefficient (Wildman–Crippen LogP) is 3.85. The van der Waals surface area contributed by atoms with Gasteiger partial charge in [0.1, 0.15) is 5.76 Å². The Hall–Kier alpha value is -1.65. The molecule has 4 heteroatoms. The zero-order valence-electron chi connectivity index (χ0n) is 15.5. The lowest BCUT2D eigenvalue weighted by Crippen LogP contribution is -2.37. The molecule has 2 fully saturated rings. The van der Waals surface area contributed by atoms with Crippen LogP contribution in [0.25, 0.3) is 0 Å². The van der Waals surface area contributed by atoms with E-state index in [9.17, 15) is 0 Å². The summed E-state index contributed by atoms with van der Waals surface area (Å²) in [4.78, 5) is 2.64. The van der Waals surface area contributed by atoms with E-state index in [0.717, 1.165) is 29.8 Å². The summed E-state index contributed by atoms with van der Waals surface area (Å²) < 4.78 is 5.35. The zero-order chi connectivity index (χ0) is 17.4. The molecule has 0 radical (unpaired) electrons. The van der Waals surface area contributed by atoms with Gasteiger partial charge in [0.2, 0.25) is 0 Å². The second kappa shape index (κ2) is 6.93. The van der Waals surface area contributed by atoms with E-state index in [1.165, 1.54) is 37.1 Å². The van der Waals surface area contributed by atoms with E-state index in [1.54, 1.807) is 0 Å². The van der Waals surface area contributed by atoms with Crippen LogP contribution in [0.1, 0.15) is 48.4 Å². The van der Waals surface area contributed by atoms with E-state index in [0.29, 0.717) is 12.1 Å². The second-order valence-corrected chi connectivity index (χ2v) is 7.91. The van der Waals surface area contributed by atoms with Gasteiger partial charge in [-0.1, -0.05) is 35.5 Å². The van der Waals surface area contributed by atoms with Crippen LogP contribution in [0.3, 0.4) is 0 Å². The Kier molecular flexibility index (Phi) is 4.65. The fourth-order valence-electron chi connectivity index (χ4n) is 5.05. The maximum Gasteiger partial charge on any atom is 0.138 e. The SMILES string of the molecule is Cc1noc(C)c1[C@H](C)N[C@@H]1CC[C@H]2CN(Cc3ccccc3)C[C@H]21. The quantitative estimate of drug-likeness (QED) is 0.898. The highest BCUT2D eigenvalue weighted by Gasteiger charge is 2.42. The Morgan fingerprint density at radius 2 is 2.00 bits per heavy atom. The summed E-state index contributed by atoms with van der Waals surface area (Å²) in [5.74, 6) is 2.56. The summed E-state index contributed by atoms with van der Waals surface area (Å²) in [6, 6.07) is 11.8. The molecule has 1 N–H and O–H groups in total. The molecule has 4 nitrogen and oxygen atoms in total. The summed E-state index contributed by atoms with van der Waals surface area (Å²) in [5, 5.41) is 8.01. The highest BCUT2D eigenvalue weighted by atomic mass is 16.5. The number of benzene rings is 1. The van der Waals surface area contributed by atoms with Gasteiger partial charge in [-0.25, -0.2) is 0 Å². The van der Waals surface area contributed by atoms with Crippen molar-refractivity contribution >= 4 is 0 Å². The van der Waals surface area contributed by atoms with Crippen molar-refractivity contribution in [3.05, 3.63) is 52.9 Å². The van der Waals surface area contributed by atoms with Crippen molar-refractivity contribution in [3.8, 4) is 0 Å². The minimum atomic E-state index is 0.304. The van der Waals surface area contributed by atoms with Crippen LogP contribution in [-0.4, -0.2) is 29.2 Å². The molecular formula is C21H29N3O. The molecule has 0 unspecified atom stereocenters. The summed E-state index contributed by atoms with van der Waals surface area (Å²) in [6.45, 7) is 9.85. The van der Waals surface area contributed by atoms with Crippen molar-refractivity contribution in [1.82, 2.24) is 15.4 Å². The van der Waals surface area contributed by atoms with Crippen LogP contribution in [0.15, 0.2) is 34.9 Å². The molecule has 4 rings (SSSR count). The van der Waals surface area contributed by atoms with Gasteiger partial charge in [0.25, 0.3) is 0 Å². The fourth-order valence-corrected chi connectivity index (χ4v) is 5.05. The second-order valence-electron chi connectivity index (χ2n) is 7.91. The molecular weight excluding hydrogens is 310 g/mol. The van der Waals surface area contributed by atoms with E-state index in [2.05, 4.69) is 52.6 Å². The van der Waals surface area contributed by atoms with Crippen LogP contribution in [0.2, 0.25) is 0 Å². The number of hydrogen-bond donors (Lipinski definition) is 1. The first kappa shape index (κ1) is 16.8. The average Bonchev–Trinajstić information content (AvgIpc) is 3.25. The van der Waals surface area contributed by atoms with Crippen molar-refractivity contribution in [2.24, 2.45) is 11.8 Å². The maximum atomic E-state index is 5.35. The van der Waals surface area contributed by atoms with E-state index in [1.807, 2.05) is 13.8 Å². The third-order valence-corrected chi connectivity index (χ3v) is 6.17. The largest absolute Gasteiger partial charge is 0.361 e. The minimum absolute atomic E-state index is 0.304. The van der Waals surface area contributed by atoms with Crippen LogP contribution in [-0.2, 0) is 6.54 Å². The van der Waals surface area contributed by atoms with Gasteiger partial charge in [-0.05, 0) is 51.0 Å². The van der Waals surface area contributed by atoms with Crippen molar-refractivity contribution in [3.63, 3.8) is 0 Å². The number of likely N-dealkylation sites (tertiary alicyclic amines) is 1. The highest BCUT2D eigenvalue weighted by Crippen LogP contribution is 2.39. The predicted molar refractivity (Wildman–Crippen MR) is 99.2 cm³/mol. The van der Waals surface area contributed by atoms with Crippen molar-refractivity contribution in [2.75, 3.05) is 13.1 Å². The van der Waals surface area contributed by atoms with Crippen molar-refractivity contribution < 1.29 is 4.52 Å². The molecule has 4 atom stereocenters. The van der Waals surface area contributed by atoms with Gasteiger partial charge < -0.3 is 9.84 Å². The van der Waals surface area contributed by atoms with E-state index < -0.39 is 0 Å². The molecule has 134 valence electrons. The van der Waals surface area contributed by atoms with Gasteiger partial charge in [0.15, 0.2) is 0 Å². The smallest absolute Gasteiger partial charge is 0.138 e. The Bertz CT molecular complexity index is 692. The Morgan fingerprint density at radius 3 is 2.72 bits per heavy atom. The van der Waals surface area contributed by atoms with E-state index in [4.69, 9.17) is 4.52 Å². The van der Waals surface area contributed by atoms with Crippen molar-refractivity contribution in [2.45, 2.75) is 52.2 Å². The summed E-state index contributed by atoms with van der Waals surface area (Å²) in [5.41, 5.74) is 3.68. The molecule has 0 amide bonds. The molecule has 2 aromatic rings. The normalized spacial score (nSPS) is 27.6. The molecule has 1 saturated heterocycles. The number of rotatable bonds is 5. The molecule has 1 aliphatic carbocycles. The lowest BCUT2D eigenvalue weighted by Gasteiger charge is -2.25. The first-order valence-electron chi connectivity index (χ1n) is 9.57. The van der Waals surface area contributed by atoms with Crippen LogP contribution in [0.5, 0.6) is 0 Å². The monoisotopic (exact) mass is 339 g/mol. The Morgan fingerprint density at radius 1 is 1.20 bits per heavy atom. The number of aromatic nitrogens is 1. The highest BCUT2D eigenvalue weighted by molar-refractivity contribution is 5.24. The summed E-state index contributed by atoms with van der Waals surface area (Å²) in [7, 11) is 0. The molecule has 2 aliphatic rings. The Labute approximate surface area is 150 Å².